The summed E-state index contributed by atoms with van der Waals surface area (Å²) in [6, 6.07) is 8.83. The molecular formula is C14H13FN2O2. The van der Waals surface area contributed by atoms with Crippen molar-refractivity contribution in [2.45, 2.75) is 0 Å². The minimum absolute atomic E-state index is 0.131. The van der Waals surface area contributed by atoms with Gasteiger partial charge in [-0.3, -0.25) is 9.36 Å². The molecule has 98 valence electrons. The summed E-state index contributed by atoms with van der Waals surface area (Å²) >= 11 is 0. The van der Waals surface area contributed by atoms with E-state index in [1.165, 1.54) is 30.9 Å². The number of rotatable bonds is 2. The molecule has 0 bridgehead atoms. The fourth-order valence-electron chi connectivity index (χ4n) is 1.75. The van der Waals surface area contributed by atoms with Gasteiger partial charge in [-0.05, 0) is 11.6 Å². The Labute approximate surface area is 109 Å². The van der Waals surface area contributed by atoms with Gasteiger partial charge in [-0.15, -0.1) is 0 Å². The van der Waals surface area contributed by atoms with Crippen LogP contribution in [0.5, 0.6) is 0 Å². The summed E-state index contributed by atoms with van der Waals surface area (Å²) < 4.78 is 16.2. The van der Waals surface area contributed by atoms with Crippen LogP contribution >= 0.6 is 0 Å². The van der Waals surface area contributed by atoms with Gasteiger partial charge in [0.15, 0.2) is 0 Å². The van der Waals surface area contributed by atoms with Gasteiger partial charge in [-0.2, -0.15) is 0 Å². The zero-order chi connectivity index (χ0) is 14.0. The summed E-state index contributed by atoms with van der Waals surface area (Å²) in [6.45, 7) is 0. The summed E-state index contributed by atoms with van der Waals surface area (Å²) in [6.07, 6.45) is 2.47. The minimum Gasteiger partial charge on any atom is -0.303 e. The normalized spacial score (nSPS) is 11.6. The van der Waals surface area contributed by atoms with E-state index in [-0.39, 0.29) is 5.56 Å². The van der Waals surface area contributed by atoms with Crippen LogP contribution in [0, 0.1) is 0 Å². The van der Waals surface area contributed by atoms with Crippen molar-refractivity contribution in [1.82, 2.24) is 9.13 Å². The van der Waals surface area contributed by atoms with Gasteiger partial charge in [0, 0.05) is 20.3 Å². The van der Waals surface area contributed by atoms with Crippen LogP contribution in [0.25, 0.3) is 11.9 Å². The Morgan fingerprint density at radius 2 is 1.79 bits per heavy atom. The standard InChI is InChI=1S/C14H13FN2O2/c1-16-9-11(13(18)17(2)14(16)19)12(15)8-10-6-4-3-5-7-10/h3-9H,1-2H3/b12-8-. The summed E-state index contributed by atoms with van der Waals surface area (Å²) in [5.41, 5.74) is -0.613. The second-order valence-corrected chi connectivity index (χ2v) is 4.20. The molecule has 1 aromatic carbocycles. The van der Waals surface area contributed by atoms with Crippen molar-refractivity contribution in [3.63, 3.8) is 0 Å². The molecule has 0 atom stereocenters. The summed E-state index contributed by atoms with van der Waals surface area (Å²) in [4.78, 5) is 23.3. The maximum absolute atomic E-state index is 14.1. The lowest BCUT2D eigenvalue weighted by Crippen LogP contribution is -2.38. The molecule has 1 heterocycles. The summed E-state index contributed by atoms with van der Waals surface area (Å²) in [5, 5.41) is 0. The lowest BCUT2D eigenvalue weighted by molar-refractivity contribution is 0.668. The van der Waals surface area contributed by atoms with Crippen LogP contribution in [0.1, 0.15) is 11.1 Å². The first-order valence-electron chi connectivity index (χ1n) is 5.70. The van der Waals surface area contributed by atoms with Crippen molar-refractivity contribution in [3.8, 4) is 0 Å². The van der Waals surface area contributed by atoms with Gasteiger partial charge in [0.1, 0.15) is 5.83 Å². The summed E-state index contributed by atoms with van der Waals surface area (Å²) in [7, 11) is 2.80. The highest BCUT2D eigenvalue weighted by Crippen LogP contribution is 2.15. The molecule has 0 saturated carbocycles. The van der Waals surface area contributed by atoms with E-state index in [1.54, 1.807) is 24.3 Å². The molecule has 0 aliphatic rings. The van der Waals surface area contributed by atoms with Crippen LogP contribution in [0.4, 0.5) is 4.39 Å². The Bertz CT molecular complexity index is 742. The molecule has 0 aliphatic carbocycles. The quantitative estimate of drug-likeness (QED) is 0.822. The number of aryl methyl sites for hydroxylation is 1. The zero-order valence-electron chi connectivity index (χ0n) is 10.6. The van der Waals surface area contributed by atoms with Crippen molar-refractivity contribution in [1.29, 1.82) is 0 Å². The monoisotopic (exact) mass is 260 g/mol. The van der Waals surface area contributed by atoms with Gasteiger partial charge in [-0.25, -0.2) is 9.18 Å². The first-order chi connectivity index (χ1) is 9.00. The highest BCUT2D eigenvalue weighted by atomic mass is 19.1. The van der Waals surface area contributed by atoms with Crippen LogP contribution in [-0.4, -0.2) is 9.13 Å². The first-order valence-corrected chi connectivity index (χ1v) is 5.70. The fourth-order valence-corrected chi connectivity index (χ4v) is 1.75. The highest BCUT2D eigenvalue weighted by molar-refractivity contribution is 5.75. The van der Waals surface area contributed by atoms with Gasteiger partial charge >= 0.3 is 5.69 Å². The van der Waals surface area contributed by atoms with Crippen LogP contribution in [0.15, 0.2) is 46.1 Å². The average Bonchev–Trinajstić information content (AvgIpc) is 2.41. The predicted octanol–water partition coefficient (Wildman–Crippen LogP) is 1.55. The number of halogens is 1. The van der Waals surface area contributed by atoms with Gasteiger partial charge in [0.05, 0.1) is 5.56 Å². The van der Waals surface area contributed by atoms with E-state index in [4.69, 9.17) is 0 Å². The van der Waals surface area contributed by atoms with E-state index in [0.717, 1.165) is 4.57 Å². The second-order valence-electron chi connectivity index (χ2n) is 4.20. The smallest absolute Gasteiger partial charge is 0.303 e. The Morgan fingerprint density at radius 3 is 2.42 bits per heavy atom. The lowest BCUT2D eigenvalue weighted by Gasteiger charge is -2.05. The highest BCUT2D eigenvalue weighted by Gasteiger charge is 2.11. The molecule has 0 spiro atoms. The number of aromatic nitrogens is 2. The van der Waals surface area contributed by atoms with Crippen LogP contribution in [-0.2, 0) is 14.1 Å². The minimum atomic E-state index is -0.664. The molecule has 0 saturated heterocycles. The second kappa shape index (κ2) is 5.06. The van der Waals surface area contributed by atoms with Crippen LogP contribution in [0.3, 0.4) is 0 Å². The molecule has 0 N–H and O–H groups in total. The largest absolute Gasteiger partial charge is 0.330 e. The first kappa shape index (κ1) is 13.0. The third-order valence-corrected chi connectivity index (χ3v) is 2.80. The molecule has 0 radical (unpaired) electrons. The Kier molecular flexibility index (Phi) is 3.46. The maximum Gasteiger partial charge on any atom is 0.330 e. The van der Waals surface area contributed by atoms with Crippen molar-refractivity contribution in [3.05, 3.63) is 68.5 Å². The molecule has 19 heavy (non-hydrogen) atoms. The predicted molar refractivity (Wildman–Crippen MR) is 72.3 cm³/mol. The van der Waals surface area contributed by atoms with E-state index in [2.05, 4.69) is 0 Å². The lowest BCUT2D eigenvalue weighted by atomic mass is 10.1. The van der Waals surface area contributed by atoms with E-state index >= 15 is 0 Å². The van der Waals surface area contributed by atoms with Crippen molar-refractivity contribution in [2.24, 2.45) is 14.1 Å². The third kappa shape index (κ3) is 2.54. The molecule has 0 fully saturated rings. The maximum atomic E-state index is 14.1. The van der Waals surface area contributed by atoms with Crippen LogP contribution < -0.4 is 11.2 Å². The summed E-state index contributed by atoms with van der Waals surface area (Å²) in [5.74, 6) is -0.664. The SMILES string of the molecule is Cn1cc(/C(F)=C/c2ccccc2)c(=O)n(C)c1=O. The average molecular weight is 260 g/mol. The van der Waals surface area contributed by atoms with Crippen molar-refractivity contribution >= 4 is 11.9 Å². The van der Waals surface area contributed by atoms with Gasteiger partial charge in [0.2, 0.25) is 0 Å². The molecule has 2 rings (SSSR count). The Morgan fingerprint density at radius 1 is 1.16 bits per heavy atom. The molecule has 0 unspecified atom stereocenters. The van der Waals surface area contributed by atoms with E-state index in [1.807, 2.05) is 6.07 Å². The number of hydrogen-bond donors (Lipinski definition) is 0. The van der Waals surface area contributed by atoms with Gasteiger partial charge in [-0.1, -0.05) is 30.3 Å². The van der Waals surface area contributed by atoms with Crippen molar-refractivity contribution in [2.75, 3.05) is 0 Å². The number of hydrogen-bond acceptors (Lipinski definition) is 2. The third-order valence-electron chi connectivity index (χ3n) is 2.80. The molecule has 0 aliphatic heterocycles. The fraction of sp³-hybridized carbons (Fsp3) is 0.143. The Balaban J connectivity index is 2.58. The van der Waals surface area contributed by atoms with Gasteiger partial charge < -0.3 is 4.57 Å². The topological polar surface area (TPSA) is 44.0 Å². The molecule has 2 aromatic rings. The van der Waals surface area contributed by atoms with Crippen LogP contribution in [0.2, 0.25) is 0 Å². The van der Waals surface area contributed by atoms with E-state index < -0.39 is 17.1 Å². The number of benzene rings is 1. The number of nitrogens with zero attached hydrogens (tertiary/aromatic N) is 2. The van der Waals surface area contributed by atoms with E-state index in [0.29, 0.717) is 5.56 Å². The Hall–Kier alpha value is -2.43. The zero-order valence-corrected chi connectivity index (χ0v) is 10.6. The van der Waals surface area contributed by atoms with E-state index in [9.17, 15) is 14.0 Å². The van der Waals surface area contributed by atoms with Crippen molar-refractivity contribution < 1.29 is 4.39 Å². The molecule has 4 nitrogen and oxygen atoms in total. The van der Waals surface area contributed by atoms with Gasteiger partial charge in [0.25, 0.3) is 5.56 Å². The molecule has 1 aromatic heterocycles. The molecular weight excluding hydrogens is 247 g/mol. The molecule has 5 heteroatoms. The molecule has 0 amide bonds.